The zero-order chi connectivity index (χ0) is 15.1. The Bertz CT molecular complexity index is 536. The van der Waals surface area contributed by atoms with Crippen LogP contribution in [-0.2, 0) is 4.79 Å². The van der Waals surface area contributed by atoms with E-state index >= 15 is 0 Å². The molecule has 0 radical (unpaired) electrons. The van der Waals surface area contributed by atoms with E-state index in [9.17, 15) is 9.59 Å². The van der Waals surface area contributed by atoms with Crippen molar-refractivity contribution in [2.24, 2.45) is 0 Å². The van der Waals surface area contributed by atoms with E-state index in [0.29, 0.717) is 22.9 Å². The minimum absolute atomic E-state index is 0.105. The van der Waals surface area contributed by atoms with E-state index < -0.39 is 5.97 Å². The molecule has 112 valence electrons. The Hall–Kier alpha value is -1.75. The second kappa shape index (κ2) is 7.88. The fourth-order valence-electron chi connectivity index (χ4n) is 2.23. The third kappa shape index (κ3) is 5.27. The number of carbonyl (C=O) groups is 2. The maximum absolute atomic E-state index is 12.1. The van der Waals surface area contributed by atoms with Gasteiger partial charge in [0, 0.05) is 23.4 Å². The summed E-state index contributed by atoms with van der Waals surface area (Å²) in [5, 5.41) is 12.1. The topological polar surface area (TPSA) is 66.4 Å². The summed E-state index contributed by atoms with van der Waals surface area (Å²) >= 11 is 1.92. The molecule has 1 aliphatic heterocycles. The van der Waals surface area contributed by atoms with E-state index in [1.807, 2.05) is 11.8 Å². The molecule has 1 aromatic carbocycles. The van der Waals surface area contributed by atoms with Crippen molar-refractivity contribution < 1.29 is 14.7 Å². The van der Waals surface area contributed by atoms with Crippen LogP contribution in [0.5, 0.6) is 0 Å². The molecule has 21 heavy (non-hydrogen) atoms. The van der Waals surface area contributed by atoms with Crippen LogP contribution < -0.4 is 5.32 Å². The fourth-order valence-corrected chi connectivity index (χ4v) is 3.47. The third-order valence-corrected chi connectivity index (χ3v) is 4.73. The number of carboxylic acid groups (broad SMARTS) is 1. The summed E-state index contributed by atoms with van der Waals surface area (Å²) < 4.78 is 0. The van der Waals surface area contributed by atoms with Gasteiger partial charge in [0.25, 0.3) is 5.91 Å². The first-order chi connectivity index (χ1) is 10.1. The Balaban J connectivity index is 1.92. The van der Waals surface area contributed by atoms with E-state index in [-0.39, 0.29) is 5.91 Å². The van der Waals surface area contributed by atoms with E-state index in [2.05, 4.69) is 5.32 Å². The normalized spacial score (nSPS) is 18.6. The molecule has 1 aliphatic rings. The lowest BCUT2D eigenvalue weighted by Gasteiger charge is -2.21. The van der Waals surface area contributed by atoms with Gasteiger partial charge in [-0.25, -0.2) is 4.79 Å². The number of benzene rings is 1. The minimum atomic E-state index is -1.00. The average molecular weight is 305 g/mol. The molecule has 0 bridgehead atoms. The molecule has 1 aromatic rings. The molecule has 4 nitrogen and oxygen atoms in total. The zero-order valence-corrected chi connectivity index (χ0v) is 12.6. The van der Waals surface area contributed by atoms with Crippen LogP contribution in [0.2, 0.25) is 0 Å². The van der Waals surface area contributed by atoms with Crippen molar-refractivity contribution in [2.75, 3.05) is 12.3 Å². The number of nitrogens with one attached hydrogen (secondary N) is 1. The van der Waals surface area contributed by atoms with E-state index in [0.717, 1.165) is 12.5 Å². The van der Waals surface area contributed by atoms with Gasteiger partial charge in [-0.3, -0.25) is 4.79 Å². The van der Waals surface area contributed by atoms with Gasteiger partial charge in [0.2, 0.25) is 0 Å². The lowest BCUT2D eigenvalue weighted by Crippen LogP contribution is -2.31. The molecule has 1 unspecified atom stereocenters. The fraction of sp³-hybridized carbons (Fsp3) is 0.375. The number of carboxylic acids is 1. The molecule has 0 spiro atoms. The molecule has 5 heteroatoms. The Morgan fingerprint density at radius 2 is 2.24 bits per heavy atom. The van der Waals surface area contributed by atoms with Gasteiger partial charge in [0.1, 0.15) is 0 Å². The maximum Gasteiger partial charge on any atom is 0.328 e. The van der Waals surface area contributed by atoms with Gasteiger partial charge >= 0.3 is 5.97 Å². The van der Waals surface area contributed by atoms with Crippen LogP contribution in [0.25, 0.3) is 6.08 Å². The van der Waals surface area contributed by atoms with Crippen LogP contribution in [-0.4, -0.2) is 34.5 Å². The van der Waals surface area contributed by atoms with Crippen molar-refractivity contribution >= 4 is 29.7 Å². The van der Waals surface area contributed by atoms with Gasteiger partial charge in [-0.1, -0.05) is 18.6 Å². The van der Waals surface area contributed by atoms with Crippen molar-refractivity contribution in [2.45, 2.75) is 24.5 Å². The first-order valence-electron chi connectivity index (χ1n) is 7.06. The highest BCUT2D eigenvalue weighted by atomic mass is 32.2. The molecular weight excluding hydrogens is 286 g/mol. The van der Waals surface area contributed by atoms with E-state index in [4.69, 9.17) is 5.11 Å². The van der Waals surface area contributed by atoms with Gasteiger partial charge in [0.15, 0.2) is 0 Å². The summed E-state index contributed by atoms with van der Waals surface area (Å²) in [5.74, 6) is 0.0710. The summed E-state index contributed by atoms with van der Waals surface area (Å²) in [6.07, 6.45) is 6.22. The second-order valence-corrected chi connectivity index (χ2v) is 6.40. The molecule has 1 saturated heterocycles. The number of carbonyl (C=O) groups excluding carboxylic acids is 1. The lowest BCUT2D eigenvalue weighted by molar-refractivity contribution is -0.131. The summed E-state index contributed by atoms with van der Waals surface area (Å²) in [6.45, 7) is 0.693. The van der Waals surface area contributed by atoms with Crippen molar-refractivity contribution in [1.82, 2.24) is 5.32 Å². The number of thioether (sulfide) groups is 1. The van der Waals surface area contributed by atoms with Gasteiger partial charge in [-0.05, 0) is 42.4 Å². The van der Waals surface area contributed by atoms with Crippen LogP contribution in [0.15, 0.2) is 30.3 Å². The minimum Gasteiger partial charge on any atom is -0.478 e. The predicted octanol–water partition coefficient (Wildman–Crippen LogP) is 2.80. The number of amides is 1. The molecule has 0 aliphatic carbocycles. The molecule has 0 saturated carbocycles. The Morgan fingerprint density at radius 1 is 1.38 bits per heavy atom. The molecule has 1 atom stereocenters. The Labute approximate surface area is 128 Å². The van der Waals surface area contributed by atoms with Crippen molar-refractivity contribution in [3.63, 3.8) is 0 Å². The molecular formula is C16H19NO3S. The highest BCUT2D eigenvalue weighted by Crippen LogP contribution is 2.24. The monoisotopic (exact) mass is 305 g/mol. The van der Waals surface area contributed by atoms with Crippen molar-refractivity contribution in [3.05, 3.63) is 41.5 Å². The van der Waals surface area contributed by atoms with Crippen LogP contribution in [0.3, 0.4) is 0 Å². The van der Waals surface area contributed by atoms with Crippen molar-refractivity contribution in [1.29, 1.82) is 0 Å². The zero-order valence-electron chi connectivity index (χ0n) is 11.7. The van der Waals surface area contributed by atoms with Gasteiger partial charge in [-0.2, -0.15) is 11.8 Å². The number of hydrogen-bond acceptors (Lipinski definition) is 3. The van der Waals surface area contributed by atoms with Crippen LogP contribution in [0, 0.1) is 0 Å². The number of aliphatic carboxylic acids is 1. The number of hydrogen-bond donors (Lipinski definition) is 2. The van der Waals surface area contributed by atoms with Crippen molar-refractivity contribution in [3.8, 4) is 0 Å². The van der Waals surface area contributed by atoms with E-state index in [1.54, 1.807) is 24.3 Å². The summed E-state index contributed by atoms with van der Waals surface area (Å²) in [6, 6.07) is 6.96. The molecule has 1 heterocycles. The highest BCUT2D eigenvalue weighted by Gasteiger charge is 2.15. The largest absolute Gasteiger partial charge is 0.478 e. The second-order valence-electron chi connectivity index (χ2n) is 5.00. The predicted molar refractivity (Wildman–Crippen MR) is 85.5 cm³/mol. The molecule has 1 fully saturated rings. The standard InChI is InChI=1S/C16H19NO3S/c18-15(19)8-7-12-4-3-5-13(10-12)16(20)17-11-14-6-1-2-9-21-14/h3-5,7-8,10,14H,1-2,6,9,11H2,(H,17,20)(H,18,19)/b8-7+. The summed E-state index contributed by atoms with van der Waals surface area (Å²) in [4.78, 5) is 22.6. The van der Waals surface area contributed by atoms with E-state index in [1.165, 1.54) is 24.7 Å². The van der Waals surface area contributed by atoms with Gasteiger partial charge < -0.3 is 10.4 Å². The maximum atomic E-state index is 12.1. The first kappa shape index (κ1) is 15.6. The average Bonchev–Trinajstić information content (AvgIpc) is 2.52. The number of rotatable bonds is 5. The molecule has 1 amide bonds. The van der Waals surface area contributed by atoms with Gasteiger partial charge in [-0.15, -0.1) is 0 Å². The quantitative estimate of drug-likeness (QED) is 0.821. The molecule has 2 rings (SSSR count). The summed E-state index contributed by atoms with van der Waals surface area (Å²) in [5.41, 5.74) is 1.26. The molecule has 2 N–H and O–H groups in total. The van der Waals surface area contributed by atoms with Gasteiger partial charge in [0.05, 0.1) is 0 Å². The smallest absolute Gasteiger partial charge is 0.328 e. The SMILES string of the molecule is O=C(O)/C=C/c1cccc(C(=O)NCC2CCCCS2)c1. The Kier molecular flexibility index (Phi) is 5.87. The lowest BCUT2D eigenvalue weighted by atomic mass is 10.1. The van der Waals surface area contributed by atoms with Crippen LogP contribution in [0.1, 0.15) is 35.2 Å². The Morgan fingerprint density at radius 3 is 2.95 bits per heavy atom. The summed E-state index contributed by atoms with van der Waals surface area (Å²) in [7, 11) is 0. The van der Waals surface area contributed by atoms with Crippen LogP contribution >= 0.6 is 11.8 Å². The first-order valence-corrected chi connectivity index (χ1v) is 8.11. The highest BCUT2D eigenvalue weighted by molar-refractivity contribution is 7.99. The van der Waals surface area contributed by atoms with Crippen LogP contribution in [0.4, 0.5) is 0 Å². The molecule has 0 aromatic heterocycles. The third-order valence-electron chi connectivity index (χ3n) is 3.33.